The number of ether oxygens (including phenoxy) is 1. The highest BCUT2D eigenvalue weighted by molar-refractivity contribution is 6.24. The molecule has 1 amide bonds. The number of aliphatic hydroxyl groups excluding tert-OH is 2. The molecule has 0 radical (unpaired) electrons. The lowest BCUT2D eigenvalue weighted by molar-refractivity contribution is -0.153. The quantitative estimate of drug-likeness (QED) is 0.273. The molecule has 1 saturated heterocycles. The molecule has 1 aromatic carbocycles. The molecule has 1 saturated carbocycles. The Bertz CT molecular complexity index is 1410. The number of aliphatic hydroxyl groups is 3. The number of alkyl halides is 3. The van der Waals surface area contributed by atoms with E-state index in [0.717, 1.165) is 6.07 Å². The highest BCUT2D eigenvalue weighted by atomic mass is 19.4. The zero-order valence-electron chi connectivity index (χ0n) is 22.2. The standard InChI is InChI=1S/C27H30F3N3O8/c1-33(2)20-14-6-10-5-13-17(15(34)7-11(19(13)27(28,29)30)8-32-12-3-4-41-9-12)21(35)16(10)23(37)26(14,40)24(38)18(22(20)36)25(31)39/h7,10,12,14,20,32,34-35,38,40H,3-6,8-9H2,1-2H3,(H2,31,39)/t10-,12+,14-,20-,26-/m0/s1. The lowest BCUT2D eigenvalue weighted by Crippen LogP contribution is -2.65. The van der Waals surface area contributed by atoms with E-state index < -0.39 is 98.7 Å². The number of amides is 1. The van der Waals surface area contributed by atoms with Crippen LogP contribution in [0.1, 0.15) is 35.1 Å². The van der Waals surface area contributed by atoms with Crippen LogP contribution in [0.4, 0.5) is 13.2 Å². The third-order valence-corrected chi connectivity index (χ3v) is 8.60. The third kappa shape index (κ3) is 4.31. The fraction of sp³-hybridized carbons (Fsp3) is 0.519. The van der Waals surface area contributed by atoms with Crippen molar-refractivity contribution in [1.29, 1.82) is 0 Å². The fourth-order valence-corrected chi connectivity index (χ4v) is 6.83. The van der Waals surface area contributed by atoms with Gasteiger partial charge in [0.25, 0.3) is 5.91 Å². The number of ketones is 2. The number of carbonyl (C=O) groups excluding carboxylic acids is 3. The first-order chi connectivity index (χ1) is 19.1. The molecule has 2 fully saturated rings. The van der Waals surface area contributed by atoms with Crippen LogP contribution in [0.25, 0.3) is 5.76 Å². The van der Waals surface area contributed by atoms with E-state index in [1.54, 1.807) is 0 Å². The number of carbonyl (C=O) groups is 3. The molecule has 0 spiro atoms. The Morgan fingerprint density at radius 2 is 1.93 bits per heavy atom. The van der Waals surface area contributed by atoms with Gasteiger partial charge in [-0.05, 0) is 56.5 Å². The van der Waals surface area contributed by atoms with Gasteiger partial charge in [-0.3, -0.25) is 19.3 Å². The summed E-state index contributed by atoms with van der Waals surface area (Å²) < 4.78 is 48.9. The second-order valence-electron chi connectivity index (χ2n) is 11.2. The summed E-state index contributed by atoms with van der Waals surface area (Å²) in [6.07, 6.45) is -5.07. The summed E-state index contributed by atoms with van der Waals surface area (Å²) in [6.45, 7) is 0.537. The minimum atomic E-state index is -4.90. The maximum Gasteiger partial charge on any atom is 0.417 e. The molecular weight excluding hydrogens is 551 g/mol. The first kappa shape index (κ1) is 29.0. The lowest BCUT2D eigenvalue weighted by atomic mass is 9.57. The Morgan fingerprint density at radius 1 is 1.24 bits per heavy atom. The Hall–Kier alpha value is -3.46. The van der Waals surface area contributed by atoms with Gasteiger partial charge in [0.05, 0.1) is 23.8 Å². The van der Waals surface area contributed by atoms with Crippen LogP contribution in [-0.2, 0) is 38.3 Å². The second-order valence-corrected chi connectivity index (χ2v) is 11.2. The Morgan fingerprint density at radius 3 is 2.49 bits per heavy atom. The van der Waals surface area contributed by atoms with Crippen LogP contribution < -0.4 is 11.1 Å². The molecular formula is C27H30F3N3O8. The topological polar surface area (TPSA) is 183 Å². The highest BCUT2D eigenvalue weighted by Gasteiger charge is 2.64. The largest absolute Gasteiger partial charge is 0.508 e. The molecule has 4 aliphatic rings. The van der Waals surface area contributed by atoms with Crippen molar-refractivity contribution < 1.29 is 52.7 Å². The molecule has 41 heavy (non-hydrogen) atoms. The van der Waals surface area contributed by atoms with Crippen molar-refractivity contribution in [3.8, 4) is 5.75 Å². The number of phenolic OH excluding ortho intramolecular Hbond substituents is 1. The van der Waals surface area contributed by atoms with Gasteiger partial charge in [0.1, 0.15) is 22.8 Å². The van der Waals surface area contributed by atoms with Crippen molar-refractivity contribution in [3.63, 3.8) is 0 Å². The van der Waals surface area contributed by atoms with E-state index in [1.807, 2.05) is 0 Å². The highest BCUT2D eigenvalue weighted by Crippen LogP contribution is 2.54. The predicted octanol–water partition coefficient (Wildman–Crippen LogP) is 0.861. The Kier molecular flexibility index (Phi) is 6.96. The van der Waals surface area contributed by atoms with Gasteiger partial charge < -0.3 is 36.2 Å². The summed E-state index contributed by atoms with van der Waals surface area (Å²) in [4.78, 5) is 40.4. The summed E-state index contributed by atoms with van der Waals surface area (Å²) in [5.41, 5.74) is -1.46. The van der Waals surface area contributed by atoms with Gasteiger partial charge in [0.15, 0.2) is 11.4 Å². The molecule has 0 unspecified atom stereocenters. The first-order valence-electron chi connectivity index (χ1n) is 13.0. The van der Waals surface area contributed by atoms with E-state index >= 15 is 0 Å². The van der Waals surface area contributed by atoms with Crippen molar-refractivity contribution in [2.75, 3.05) is 27.3 Å². The predicted molar refractivity (Wildman–Crippen MR) is 135 cm³/mol. The van der Waals surface area contributed by atoms with Crippen LogP contribution in [0.5, 0.6) is 5.75 Å². The molecule has 7 N–H and O–H groups in total. The lowest BCUT2D eigenvalue weighted by Gasteiger charge is -2.50. The number of primary amides is 1. The monoisotopic (exact) mass is 581 g/mol. The van der Waals surface area contributed by atoms with Crippen molar-refractivity contribution >= 4 is 23.2 Å². The molecule has 0 bridgehead atoms. The van der Waals surface area contributed by atoms with Crippen LogP contribution >= 0.6 is 0 Å². The molecule has 0 aromatic heterocycles. The van der Waals surface area contributed by atoms with Gasteiger partial charge >= 0.3 is 6.18 Å². The van der Waals surface area contributed by atoms with Crippen LogP contribution in [-0.4, -0.2) is 87.8 Å². The van der Waals surface area contributed by atoms with E-state index in [0.29, 0.717) is 19.6 Å². The number of halogens is 3. The van der Waals surface area contributed by atoms with E-state index in [-0.39, 0.29) is 24.6 Å². The molecule has 5 atom stereocenters. The number of Topliss-reactive ketones (excluding diaryl/α,β-unsaturated/α-hetero) is 2. The van der Waals surface area contributed by atoms with Crippen LogP contribution in [0.2, 0.25) is 0 Å². The van der Waals surface area contributed by atoms with Crippen molar-refractivity contribution in [2.45, 2.75) is 49.7 Å². The molecule has 3 aliphatic carbocycles. The normalized spacial score (nSPS) is 30.0. The van der Waals surface area contributed by atoms with Gasteiger partial charge in [-0.15, -0.1) is 0 Å². The number of rotatable bonds is 5. The minimum Gasteiger partial charge on any atom is -0.508 e. The number of hydrogen-bond donors (Lipinski definition) is 6. The fourth-order valence-electron chi connectivity index (χ4n) is 6.83. The summed E-state index contributed by atoms with van der Waals surface area (Å²) >= 11 is 0. The van der Waals surface area contributed by atoms with Crippen LogP contribution in [0, 0.1) is 11.8 Å². The molecule has 1 aromatic rings. The van der Waals surface area contributed by atoms with Gasteiger partial charge in [-0.2, -0.15) is 13.2 Å². The average Bonchev–Trinajstić information content (AvgIpc) is 3.37. The number of nitrogens with zero attached hydrogens (tertiary/aromatic N) is 1. The average molecular weight is 582 g/mol. The van der Waals surface area contributed by atoms with E-state index in [1.165, 1.54) is 19.0 Å². The second kappa shape index (κ2) is 9.82. The smallest absolute Gasteiger partial charge is 0.417 e. The number of likely N-dealkylation sites (N-methyl/N-ethyl adjacent to an activating group) is 1. The number of aromatic hydroxyl groups is 1. The SMILES string of the molecule is CN(C)[C@@H]1C(=O)C(C(N)=O)=C(O)[C@@]2(O)C(=O)C3=C(O)c4c(O)cc(CN[C@@H]5CCOC5)c(C(F)(F)F)c4C[C@H]3C[C@@H]12. The van der Waals surface area contributed by atoms with Crippen LogP contribution in [0.3, 0.4) is 0 Å². The van der Waals surface area contributed by atoms with E-state index in [4.69, 9.17) is 10.5 Å². The molecule has 14 heteroatoms. The summed E-state index contributed by atoms with van der Waals surface area (Å²) in [5, 5.41) is 47.5. The molecule has 1 aliphatic heterocycles. The molecule has 1 heterocycles. The van der Waals surface area contributed by atoms with Gasteiger partial charge in [0.2, 0.25) is 5.78 Å². The molecule has 5 rings (SSSR count). The molecule has 11 nitrogen and oxygen atoms in total. The summed E-state index contributed by atoms with van der Waals surface area (Å²) in [5.74, 6) is -9.10. The van der Waals surface area contributed by atoms with Crippen molar-refractivity contribution in [2.24, 2.45) is 17.6 Å². The number of hydrogen-bond acceptors (Lipinski definition) is 10. The number of benzene rings is 1. The maximum atomic E-state index is 14.5. The number of fused-ring (bicyclic) bond motifs is 3. The zero-order chi connectivity index (χ0) is 30.2. The maximum absolute atomic E-state index is 14.5. The summed E-state index contributed by atoms with van der Waals surface area (Å²) in [6, 6.07) is -0.649. The Labute approximate surface area is 232 Å². The number of nitrogens with two attached hydrogens (primary N) is 1. The Balaban J connectivity index is 1.68. The van der Waals surface area contributed by atoms with Crippen molar-refractivity contribution in [1.82, 2.24) is 10.2 Å². The van der Waals surface area contributed by atoms with Crippen LogP contribution in [0.15, 0.2) is 23.0 Å². The third-order valence-electron chi connectivity index (χ3n) is 8.60. The van der Waals surface area contributed by atoms with E-state index in [9.17, 15) is 48.0 Å². The molecule has 222 valence electrons. The van der Waals surface area contributed by atoms with Gasteiger partial charge in [-0.1, -0.05) is 0 Å². The first-order valence-corrected chi connectivity index (χ1v) is 13.0. The van der Waals surface area contributed by atoms with Crippen molar-refractivity contribution in [3.05, 3.63) is 45.2 Å². The van der Waals surface area contributed by atoms with Gasteiger partial charge in [0, 0.05) is 30.7 Å². The number of phenols is 1. The summed E-state index contributed by atoms with van der Waals surface area (Å²) in [7, 11) is 2.86. The van der Waals surface area contributed by atoms with Gasteiger partial charge in [-0.25, -0.2) is 0 Å². The van der Waals surface area contributed by atoms with E-state index in [2.05, 4.69) is 5.32 Å². The zero-order valence-corrected chi connectivity index (χ0v) is 22.2. The number of nitrogens with one attached hydrogen (secondary N) is 1. The minimum absolute atomic E-state index is 0.180.